The van der Waals surface area contributed by atoms with E-state index in [-0.39, 0.29) is 0 Å². The van der Waals surface area contributed by atoms with Crippen LogP contribution in [0.4, 0.5) is 0 Å². The highest BCUT2D eigenvalue weighted by Crippen LogP contribution is 2.45. The van der Waals surface area contributed by atoms with Crippen LogP contribution >= 0.6 is 11.3 Å². The average molecular weight is 709 g/mol. The highest BCUT2D eigenvalue weighted by atomic mass is 32.1. The van der Waals surface area contributed by atoms with E-state index >= 15 is 0 Å². The van der Waals surface area contributed by atoms with Crippen LogP contribution < -0.4 is 0 Å². The van der Waals surface area contributed by atoms with Gasteiger partial charge in [0, 0.05) is 36.9 Å². The zero-order valence-electron chi connectivity index (χ0n) is 28.8. The number of oxazole rings is 1. The van der Waals surface area contributed by atoms with Crippen LogP contribution in [-0.2, 0) is 0 Å². The summed E-state index contributed by atoms with van der Waals surface area (Å²) in [5, 5.41) is 6.72. The molecule has 0 spiro atoms. The van der Waals surface area contributed by atoms with E-state index in [0.29, 0.717) is 28.9 Å². The lowest BCUT2D eigenvalue weighted by Crippen LogP contribution is -2.01. The molecule has 252 valence electrons. The molecule has 0 saturated heterocycles. The molecule has 6 heteroatoms. The van der Waals surface area contributed by atoms with E-state index in [9.17, 15) is 0 Å². The lowest BCUT2D eigenvalue weighted by molar-refractivity contribution is 0.621. The van der Waals surface area contributed by atoms with E-state index in [2.05, 4.69) is 133 Å². The molecule has 0 aliphatic carbocycles. The molecule has 0 bridgehead atoms. The summed E-state index contributed by atoms with van der Waals surface area (Å²) in [6, 6.07) is 58.8. The third-order valence-corrected chi connectivity index (χ3v) is 11.2. The van der Waals surface area contributed by atoms with Crippen LogP contribution in [0.3, 0.4) is 0 Å². The van der Waals surface area contributed by atoms with Crippen LogP contribution in [0.15, 0.2) is 174 Å². The van der Waals surface area contributed by atoms with Crippen molar-refractivity contribution in [2.75, 3.05) is 0 Å². The number of fused-ring (bicyclic) bond motifs is 6. The molecule has 0 fully saturated rings. The van der Waals surface area contributed by atoms with E-state index in [0.717, 1.165) is 70.5 Å². The maximum atomic E-state index is 6.74. The summed E-state index contributed by atoms with van der Waals surface area (Å²) in [6.45, 7) is 0. The molecule has 5 nitrogen and oxygen atoms in total. The fourth-order valence-corrected chi connectivity index (χ4v) is 8.71. The number of rotatable bonds is 5. The Hall–Kier alpha value is -7.02. The van der Waals surface area contributed by atoms with Crippen molar-refractivity contribution in [2.24, 2.45) is 0 Å². The quantitative estimate of drug-likeness (QED) is 0.178. The second-order valence-electron chi connectivity index (χ2n) is 13.4. The molecule has 0 aliphatic heterocycles. The van der Waals surface area contributed by atoms with Crippen molar-refractivity contribution in [3.63, 3.8) is 0 Å². The fraction of sp³-hybridized carbons (Fsp3) is 0. The number of aromatic nitrogens is 4. The molecule has 0 radical (unpaired) electrons. The zero-order valence-corrected chi connectivity index (χ0v) is 29.6. The van der Waals surface area contributed by atoms with E-state index in [1.165, 1.54) is 10.1 Å². The predicted octanol–water partition coefficient (Wildman–Crippen LogP) is 13.0. The first-order valence-electron chi connectivity index (χ1n) is 17.9. The number of thiophene rings is 1. The SMILES string of the molecule is c1ccc(-c2nc3cc4sc5ccccc5c4c(-c4nc(-c5ccc6ccccc6c5)nc(-c5cc(-c6ccccc6)c6ccccc6c5)n4)c3o2)cc1. The minimum Gasteiger partial charge on any atom is -0.435 e. The minimum absolute atomic E-state index is 0.535. The van der Waals surface area contributed by atoms with Gasteiger partial charge >= 0.3 is 0 Å². The van der Waals surface area contributed by atoms with Crippen molar-refractivity contribution in [2.45, 2.75) is 0 Å². The van der Waals surface area contributed by atoms with Crippen molar-refractivity contribution >= 4 is 64.2 Å². The van der Waals surface area contributed by atoms with Crippen LogP contribution in [0, 0.1) is 0 Å². The van der Waals surface area contributed by atoms with E-state index in [1.807, 2.05) is 36.4 Å². The van der Waals surface area contributed by atoms with Crippen LogP contribution in [0.1, 0.15) is 0 Å². The summed E-state index contributed by atoms with van der Waals surface area (Å²) in [5.74, 6) is 2.26. The van der Waals surface area contributed by atoms with Crippen molar-refractivity contribution in [3.05, 3.63) is 170 Å². The lowest BCUT2D eigenvalue weighted by Gasteiger charge is -2.13. The van der Waals surface area contributed by atoms with Crippen molar-refractivity contribution in [1.29, 1.82) is 0 Å². The van der Waals surface area contributed by atoms with Crippen LogP contribution in [-0.4, -0.2) is 19.9 Å². The van der Waals surface area contributed by atoms with Gasteiger partial charge in [-0.05, 0) is 75.1 Å². The summed E-state index contributed by atoms with van der Waals surface area (Å²) < 4.78 is 9.01. The number of hydrogen-bond donors (Lipinski definition) is 0. The van der Waals surface area contributed by atoms with Gasteiger partial charge in [0.15, 0.2) is 23.1 Å². The molecule has 0 unspecified atom stereocenters. The van der Waals surface area contributed by atoms with Gasteiger partial charge in [-0.15, -0.1) is 11.3 Å². The molecular formula is C48H28N4OS. The molecule has 0 aliphatic rings. The normalized spacial score (nSPS) is 11.7. The highest BCUT2D eigenvalue weighted by molar-refractivity contribution is 7.26. The topological polar surface area (TPSA) is 64.7 Å². The van der Waals surface area contributed by atoms with Gasteiger partial charge in [0.1, 0.15) is 5.52 Å². The highest BCUT2D eigenvalue weighted by Gasteiger charge is 2.24. The second kappa shape index (κ2) is 12.3. The van der Waals surface area contributed by atoms with Gasteiger partial charge in [-0.3, -0.25) is 0 Å². The van der Waals surface area contributed by atoms with Gasteiger partial charge in [-0.1, -0.05) is 127 Å². The first-order chi connectivity index (χ1) is 26.7. The van der Waals surface area contributed by atoms with Gasteiger partial charge in [-0.25, -0.2) is 19.9 Å². The van der Waals surface area contributed by atoms with Crippen molar-refractivity contribution in [3.8, 4) is 56.7 Å². The Bertz CT molecular complexity index is 3220. The van der Waals surface area contributed by atoms with Gasteiger partial charge in [-0.2, -0.15) is 0 Å². The first-order valence-corrected chi connectivity index (χ1v) is 18.7. The molecule has 54 heavy (non-hydrogen) atoms. The first kappa shape index (κ1) is 30.6. The largest absolute Gasteiger partial charge is 0.435 e. The van der Waals surface area contributed by atoms with Crippen LogP contribution in [0.25, 0.3) is 110 Å². The molecule has 11 aromatic rings. The van der Waals surface area contributed by atoms with E-state index in [1.54, 1.807) is 11.3 Å². The van der Waals surface area contributed by atoms with Gasteiger partial charge in [0.25, 0.3) is 0 Å². The molecule has 0 atom stereocenters. The predicted molar refractivity (Wildman–Crippen MR) is 222 cm³/mol. The summed E-state index contributed by atoms with van der Waals surface area (Å²) in [4.78, 5) is 21.0. The van der Waals surface area contributed by atoms with Crippen molar-refractivity contribution in [1.82, 2.24) is 19.9 Å². The summed E-state index contributed by atoms with van der Waals surface area (Å²) in [7, 11) is 0. The van der Waals surface area contributed by atoms with Gasteiger partial charge < -0.3 is 4.42 Å². The van der Waals surface area contributed by atoms with Crippen LogP contribution in [0.2, 0.25) is 0 Å². The molecule has 3 aromatic heterocycles. The summed E-state index contributed by atoms with van der Waals surface area (Å²) >= 11 is 1.74. The molecule has 0 N–H and O–H groups in total. The second-order valence-corrected chi connectivity index (χ2v) is 14.5. The Balaban J connectivity index is 1.24. The summed E-state index contributed by atoms with van der Waals surface area (Å²) in [6.07, 6.45) is 0. The average Bonchev–Trinajstić information content (AvgIpc) is 3.84. The third-order valence-electron chi connectivity index (χ3n) is 10.1. The van der Waals surface area contributed by atoms with E-state index < -0.39 is 0 Å². The Morgan fingerprint density at radius 2 is 1.04 bits per heavy atom. The van der Waals surface area contributed by atoms with Crippen molar-refractivity contribution < 1.29 is 4.42 Å². The maximum absolute atomic E-state index is 6.74. The number of nitrogens with zero attached hydrogens (tertiary/aromatic N) is 4. The van der Waals surface area contributed by atoms with E-state index in [4.69, 9.17) is 24.4 Å². The smallest absolute Gasteiger partial charge is 0.227 e. The molecule has 8 aromatic carbocycles. The number of hydrogen-bond acceptors (Lipinski definition) is 6. The zero-order chi connectivity index (χ0) is 35.6. The Kier molecular flexibility index (Phi) is 6.97. The lowest BCUT2D eigenvalue weighted by atomic mass is 9.95. The monoisotopic (exact) mass is 708 g/mol. The van der Waals surface area contributed by atoms with Gasteiger partial charge in [0.2, 0.25) is 5.89 Å². The van der Waals surface area contributed by atoms with Gasteiger partial charge in [0.05, 0.1) is 5.56 Å². The molecule has 0 saturated carbocycles. The summed E-state index contributed by atoms with van der Waals surface area (Å²) in [5.41, 5.74) is 7.18. The van der Waals surface area contributed by atoms with Crippen LogP contribution in [0.5, 0.6) is 0 Å². The Labute approximate surface area is 313 Å². The molecule has 3 heterocycles. The number of benzene rings is 8. The Morgan fingerprint density at radius 1 is 0.407 bits per heavy atom. The maximum Gasteiger partial charge on any atom is 0.227 e. The minimum atomic E-state index is 0.535. The molecule has 0 amide bonds. The Morgan fingerprint density at radius 3 is 1.85 bits per heavy atom. The molecule has 11 rings (SSSR count). The fourth-order valence-electron chi connectivity index (χ4n) is 7.56. The third kappa shape index (κ3) is 5.07. The standard InChI is InChI=1S/C48H28N4OS/c1-3-14-30(15-4-1)38-27-35(26-33-19-9-10-20-36(33)38)46-50-45(34-24-23-29-13-7-8-18-32(29)25-34)51-47(52-46)43-42-37-21-11-12-22-40(37)54-41(42)28-39-44(43)53-48(49-39)31-16-5-2-6-17-31/h1-28H. The molecular weight excluding hydrogens is 681 g/mol.